The zero-order chi connectivity index (χ0) is 13.7. The predicted octanol–water partition coefficient (Wildman–Crippen LogP) is 2.80. The van der Waals surface area contributed by atoms with Crippen LogP contribution < -0.4 is 10.6 Å². The summed E-state index contributed by atoms with van der Waals surface area (Å²) in [4.78, 5) is 12.1. The van der Waals surface area contributed by atoms with E-state index >= 15 is 0 Å². The van der Waals surface area contributed by atoms with E-state index in [1.54, 1.807) is 0 Å². The lowest BCUT2D eigenvalue weighted by atomic mass is 10.1. The molecule has 0 spiro atoms. The first kappa shape index (κ1) is 14.3. The number of rotatable bonds is 4. The predicted molar refractivity (Wildman–Crippen MR) is 81.4 cm³/mol. The van der Waals surface area contributed by atoms with E-state index in [2.05, 4.69) is 32.6 Å². The van der Waals surface area contributed by atoms with E-state index in [9.17, 15) is 4.79 Å². The van der Waals surface area contributed by atoms with Crippen molar-refractivity contribution in [3.63, 3.8) is 0 Å². The van der Waals surface area contributed by atoms with Crippen molar-refractivity contribution in [1.82, 2.24) is 10.6 Å². The Bertz CT molecular complexity index is 497. The molecule has 3 nitrogen and oxygen atoms in total. The Morgan fingerprint density at radius 1 is 1.47 bits per heavy atom. The van der Waals surface area contributed by atoms with Gasteiger partial charge in [-0.3, -0.25) is 4.79 Å². The molecule has 0 saturated carbocycles. The molecule has 0 unspecified atom stereocenters. The Morgan fingerprint density at radius 2 is 2.32 bits per heavy atom. The fraction of sp³-hybridized carbons (Fsp3) is 0.400. The van der Waals surface area contributed by atoms with Crippen LogP contribution in [0.4, 0.5) is 0 Å². The molecule has 0 aromatic heterocycles. The normalized spacial score (nSPS) is 14.9. The molecule has 0 atom stereocenters. The second-order valence-electron chi connectivity index (χ2n) is 4.78. The van der Waals surface area contributed by atoms with Crippen LogP contribution >= 0.6 is 15.9 Å². The van der Waals surface area contributed by atoms with Gasteiger partial charge in [0.25, 0.3) is 5.91 Å². The van der Waals surface area contributed by atoms with Crippen LogP contribution in [0.3, 0.4) is 0 Å². The van der Waals surface area contributed by atoms with Gasteiger partial charge in [0.05, 0.1) is 0 Å². The Labute approximate surface area is 122 Å². The molecule has 1 aliphatic rings. The van der Waals surface area contributed by atoms with Crippen LogP contribution in [0.2, 0.25) is 0 Å². The summed E-state index contributed by atoms with van der Waals surface area (Å²) in [5.41, 5.74) is 3.18. The third-order valence-electron chi connectivity index (χ3n) is 3.32. The van der Waals surface area contributed by atoms with Crippen molar-refractivity contribution < 1.29 is 4.79 Å². The van der Waals surface area contributed by atoms with Crippen molar-refractivity contribution in [2.45, 2.75) is 19.8 Å². The lowest BCUT2D eigenvalue weighted by Gasteiger charge is -2.14. The average molecular weight is 323 g/mol. The van der Waals surface area contributed by atoms with Gasteiger partial charge in [-0.1, -0.05) is 27.6 Å². The van der Waals surface area contributed by atoms with Gasteiger partial charge >= 0.3 is 0 Å². The zero-order valence-corrected chi connectivity index (χ0v) is 12.7. The van der Waals surface area contributed by atoms with Crippen molar-refractivity contribution >= 4 is 21.8 Å². The summed E-state index contributed by atoms with van der Waals surface area (Å²) < 4.78 is 1.00. The van der Waals surface area contributed by atoms with Crippen LogP contribution in [0.25, 0.3) is 0 Å². The number of halogens is 1. The van der Waals surface area contributed by atoms with Crippen molar-refractivity contribution in [2.75, 3.05) is 19.6 Å². The maximum absolute atomic E-state index is 12.1. The third-order valence-corrected chi connectivity index (χ3v) is 3.82. The number of nitrogens with one attached hydrogen (secondary N) is 2. The molecule has 0 saturated heterocycles. The Balaban J connectivity index is 1.85. The minimum absolute atomic E-state index is 0.0135. The van der Waals surface area contributed by atoms with Gasteiger partial charge in [-0.15, -0.1) is 0 Å². The summed E-state index contributed by atoms with van der Waals surface area (Å²) in [6, 6.07) is 5.72. The van der Waals surface area contributed by atoms with E-state index in [0.717, 1.165) is 41.5 Å². The lowest BCUT2D eigenvalue weighted by Crippen LogP contribution is -2.27. The molecule has 4 heteroatoms. The van der Waals surface area contributed by atoms with Gasteiger partial charge in [0, 0.05) is 23.1 Å². The number of hydrogen-bond donors (Lipinski definition) is 2. The molecular formula is C15H19BrN2O. The van der Waals surface area contributed by atoms with Crippen LogP contribution in [-0.2, 0) is 0 Å². The number of carbonyl (C=O) groups excluding carboxylic acids is 1. The van der Waals surface area contributed by atoms with Gasteiger partial charge in [0.2, 0.25) is 0 Å². The van der Waals surface area contributed by atoms with Gasteiger partial charge in [-0.25, -0.2) is 0 Å². The van der Waals surface area contributed by atoms with E-state index < -0.39 is 0 Å². The summed E-state index contributed by atoms with van der Waals surface area (Å²) >= 11 is 3.41. The quantitative estimate of drug-likeness (QED) is 0.837. The molecular weight excluding hydrogens is 304 g/mol. The lowest BCUT2D eigenvalue weighted by molar-refractivity contribution is 0.0953. The Morgan fingerprint density at radius 3 is 3.00 bits per heavy atom. The Kier molecular flexibility index (Phi) is 5.16. The van der Waals surface area contributed by atoms with Crippen LogP contribution in [0.1, 0.15) is 28.8 Å². The average Bonchev–Trinajstić information content (AvgIpc) is 2.39. The zero-order valence-electron chi connectivity index (χ0n) is 11.1. The smallest absolute Gasteiger partial charge is 0.251 e. The molecule has 1 aromatic carbocycles. The van der Waals surface area contributed by atoms with Gasteiger partial charge in [-0.05, 0) is 50.1 Å². The molecule has 19 heavy (non-hydrogen) atoms. The minimum Gasteiger partial charge on any atom is -0.352 e. The van der Waals surface area contributed by atoms with Crippen LogP contribution in [-0.4, -0.2) is 25.5 Å². The van der Waals surface area contributed by atoms with Gasteiger partial charge in [0.15, 0.2) is 0 Å². The number of aryl methyl sites for hydroxylation is 1. The first-order valence-corrected chi connectivity index (χ1v) is 7.39. The largest absolute Gasteiger partial charge is 0.352 e. The summed E-state index contributed by atoms with van der Waals surface area (Å²) in [5, 5.41) is 6.28. The summed E-state index contributed by atoms with van der Waals surface area (Å²) in [7, 11) is 0. The highest BCUT2D eigenvalue weighted by atomic mass is 79.9. The highest BCUT2D eigenvalue weighted by molar-refractivity contribution is 9.10. The minimum atomic E-state index is 0.0135. The van der Waals surface area contributed by atoms with Crippen LogP contribution in [0.15, 0.2) is 34.3 Å². The van der Waals surface area contributed by atoms with Crippen molar-refractivity contribution in [3.8, 4) is 0 Å². The number of amides is 1. The standard InChI is InChI=1S/C15H19BrN2O/c1-11-10-13(16)2-3-14(11)15(19)18-9-6-12-4-7-17-8-5-12/h2-4,10,17H,5-9H2,1H3,(H,18,19). The van der Waals surface area contributed by atoms with Gasteiger partial charge in [-0.2, -0.15) is 0 Å². The molecule has 1 amide bonds. The van der Waals surface area contributed by atoms with Crippen molar-refractivity contribution in [1.29, 1.82) is 0 Å². The fourth-order valence-electron chi connectivity index (χ4n) is 2.21. The molecule has 0 aliphatic carbocycles. The number of benzene rings is 1. The van der Waals surface area contributed by atoms with E-state index in [4.69, 9.17) is 0 Å². The maximum atomic E-state index is 12.1. The number of hydrogen-bond acceptors (Lipinski definition) is 2. The molecule has 0 bridgehead atoms. The van der Waals surface area contributed by atoms with Gasteiger partial charge in [0.1, 0.15) is 0 Å². The molecule has 2 N–H and O–H groups in total. The van der Waals surface area contributed by atoms with Crippen LogP contribution in [0, 0.1) is 6.92 Å². The summed E-state index contributed by atoms with van der Waals surface area (Å²) in [6.07, 6.45) is 4.26. The second kappa shape index (κ2) is 6.87. The highest BCUT2D eigenvalue weighted by Gasteiger charge is 2.09. The molecule has 0 fully saturated rings. The van der Waals surface area contributed by atoms with E-state index in [1.807, 2.05) is 25.1 Å². The SMILES string of the molecule is Cc1cc(Br)ccc1C(=O)NCCC1=CCNCC1. The summed E-state index contributed by atoms with van der Waals surface area (Å²) in [6.45, 7) is 4.66. The monoisotopic (exact) mass is 322 g/mol. The summed E-state index contributed by atoms with van der Waals surface area (Å²) in [5.74, 6) is 0.0135. The van der Waals surface area contributed by atoms with Crippen LogP contribution in [0.5, 0.6) is 0 Å². The van der Waals surface area contributed by atoms with E-state index in [0.29, 0.717) is 6.54 Å². The van der Waals surface area contributed by atoms with E-state index in [1.165, 1.54) is 5.57 Å². The second-order valence-corrected chi connectivity index (χ2v) is 5.70. The third kappa shape index (κ3) is 4.18. The molecule has 0 radical (unpaired) electrons. The highest BCUT2D eigenvalue weighted by Crippen LogP contribution is 2.16. The molecule has 2 rings (SSSR count). The van der Waals surface area contributed by atoms with Crippen molar-refractivity contribution in [2.24, 2.45) is 0 Å². The molecule has 102 valence electrons. The molecule has 1 heterocycles. The molecule has 1 aromatic rings. The van der Waals surface area contributed by atoms with Gasteiger partial charge < -0.3 is 10.6 Å². The Hall–Kier alpha value is -1.13. The first-order valence-electron chi connectivity index (χ1n) is 6.60. The fourth-order valence-corrected chi connectivity index (χ4v) is 2.69. The van der Waals surface area contributed by atoms with E-state index in [-0.39, 0.29) is 5.91 Å². The maximum Gasteiger partial charge on any atom is 0.251 e. The molecule has 1 aliphatic heterocycles. The topological polar surface area (TPSA) is 41.1 Å². The number of carbonyl (C=O) groups is 1. The van der Waals surface area contributed by atoms with Crippen molar-refractivity contribution in [3.05, 3.63) is 45.4 Å². The first-order chi connectivity index (χ1) is 9.16.